The number of hydrogen-bond acceptors (Lipinski definition) is 11. The molecule has 2 aliphatic rings. The van der Waals surface area contributed by atoms with Crippen LogP contribution in [0.1, 0.15) is 297 Å². The van der Waals surface area contributed by atoms with Gasteiger partial charge in [0, 0.05) is 127 Å². The summed E-state index contributed by atoms with van der Waals surface area (Å²) >= 11 is 3.60. The molecule has 0 bridgehead atoms. The summed E-state index contributed by atoms with van der Waals surface area (Å²) in [6, 6.07) is 39.7. The lowest BCUT2D eigenvalue weighted by atomic mass is 9.87. The van der Waals surface area contributed by atoms with Crippen LogP contribution in [0.25, 0.3) is 10.9 Å². The molecule has 0 saturated heterocycles. The molecular formula is C98H144N12S2. The minimum atomic E-state index is 0.182. The molecule has 0 radical (unpaired) electrons. The van der Waals surface area contributed by atoms with Crippen LogP contribution in [0.2, 0.25) is 0 Å². The third kappa shape index (κ3) is 41.6. The molecule has 13 rings (SSSR count). The monoisotopic (exact) mass is 1550 g/mol. The van der Waals surface area contributed by atoms with Gasteiger partial charge in [-0.3, -0.25) is 34.6 Å². The molecule has 112 heavy (non-hydrogen) atoms. The largest absolute Gasteiger partial charge is 0.348 e. The van der Waals surface area contributed by atoms with Crippen LogP contribution in [-0.2, 0) is 35.8 Å². The van der Waals surface area contributed by atoms with Crippen LogP contribution >= 0.6 is 22.7 Å². The number of aryl methyl sites for hydroxylation is 3. The molecule has 0 spiro atoms. The zero-order valence-corrected chi connectivity index (χ0v) is 76.3. The number of aromatic amines is 1. The van der Waals surface area contributed by atoms with E-state index in [4.69, 9.17) is 0 Å². The molecule has 1 aliphatic heterocycles. The van der Waals surface area contributed by atoms with Crippen LogP contribution in [0.5, 0.6) is 0 Å². The SMILES string of the molecule is CC(C)(C)c1ccccc1.CC(C)(C)c1ccccn1.CC(C)(C)c1cccs1.CC(C)(C)c1ccsc1.CC(C)C1=CCC=C1.CC(C)C1=NCC=C1.CC(C)c1ccncc1.CC(C)c1cnc2ccccc2c1.CC(C)c1cnccn1.CC(C)c1ncc[nH]1.CC(C)c1nccn1C.Cc1cc(C(C)C)nn1C. The van der Waals surface area contributed by atoms with Crippen molar-refractivity contribution in [3.05, 3.63) is 297 Å². The molecule has 1 aliphatic carbocycles. The van der Waals surface area contributed by atoms with E-state index < -0.39 is 0 Å². The summed E-state index contributed by atoms with van der Waals surface area (Å²) in [7, 11) is 3.99. The molecule has 0 atom stereocenters. The summed E-state index contributed by atoms with van der Waals surface area (Å²) in [5.41, 5.74) is 15.1. The molecule has 12 nitrogen and oxygen atoms in total. The number of aliphatic imine (C=N–C) groups is 1. The summed E-state index contributed by atoms with van der Waals surface area (Å²) in [6.45, 7) is 64.0. The van der Waals surface area contributed by atoms with Crippen LogP contribution in [-0.4, -0.2) is 66.5 Å². The highest BCUT2D eigenvalue weighted by Gasteiger charge is 2.16. The fraction of sp³-hybridized carbons (Fsp3) is 0.459. The van der Waals surface area contributed by atoms with Gasteiger partial charge in [-0.2, -0.15) is 16.4 Å². The van der Waals surface area contributed by atoms with Crippen LogP contribution < -0.4 is 0 Å². The maximum absolute atomic E-state index is 4.40. The molecule has 0 unspecified atom stereocenters. The van der Waals surface area contributed by atoms with Gasteiger partial charge in [0.1, 0.15) is 11.6 Å². The van der Waals surface area contributed by atoms with Gasteiger partial charge in [0.05, 0.1) is 23.4 Å². The van der Waals surface area contributed by atoms with Gasteiger partial charge in [0.2, 0.25) is 0 Å². The first-order valence-electron chi connectivity index (χ1n) is 40.1. The molecule has 0 amide bonds. The number of pyridine rings is 3. The van der Waals surface area contributed by atoms with Crippen molar-refractivity contribution in [1.82, 2.24) is 54.2 Å². The first-order chi connectivity index (χ1) is 52.5. The average Bonchev–Trinajstić information content (AvgIpc) is 1.33. The molecule has 0 fully saturated rings. The number of imidazole rings is 2. The second-order valence-electron chi connectivity index (χ2n) is 34.4. The molecule has 608 valence electrons. The van der Waals surface area contributed by atoms with E-state index in [0.717, 1.165) is 41.5 Å². The van der Waals surface area contributed by atoms with Crippen LogP contribution in [0, 0.1) is 18.8 Å². The number of para-hydroxylation sites is 1. The second-order valence-corrected chi connectivity index (χ2v) is 36.1. The third-order valence-corrected chi connectivity index (χ3v) is 19.4. The number of H-pyrrole nitrogens is 1. The van der Waals surface area contributed by atoms with E-state index >= 15 is 0 Å². The number of thiophene rings is 2. The van der Waals surface area contributed by atoms with E-state index in [-0.39, 0.29) is 5.41 Å². The van der Waals surface area contributed by atoms with Crippen LogP contribution in [0.15, 0.2) is 241 Å². The number of nitrogens with zero attached hydrogens (tertiary/aromatic N) is 11. The number of rotatable bonds is 8. The highest BCUT2D eigenvalue weighted by atomic mass is 32.1. The summed E-state index contributed by atoms with van der Waals surface area (Å²) in [6.07, 6.45) is 32.1. The Balaban J connectivity index is 0.000000416. The second kappa shape index (κ2) is 51.7. The Morgan fingerprint density at radius 3 is 1.41 bits per heavy atom. The summed E-state index contributed by atoms with van der Waals surface area (Å²) in [5, 5.41) is 12.0. The third-order valence-electron chi connectivity index (χ3n) is 17.4. The molecule has 1 N–H and O–H groups in total. The number of benzene rings is 2. The number of aromatic nitrogens is 11. The fourth-order valence-corrected chi connectivity index (χ4v) is 11.7. The van der Waals surface area contributed by atoms with Crippen molar-refractivity contribution in [3.63, 3.8) is 0 Å². The molecule has 9 aromatic heterocycles. The van der Waals surface area contributed by atoms with Crippen molar-refractivity contribution in [2.24, 2.45) is 30.9 Å². The molecule has 10 heterocycles. The van der Waals surface area contributed by atoms with Crippen molar-refractivity contribution in [2.45, 2.75) is 264 Å². The Morgan fingerprint density at radius 2 is 1.09 bits per heavy atom. The predicted molar refractivity (Wildman–Crippen MR) is 489 cm³/mol. The van der Waals surface area contributed by atoms with E-state index in [9.17, 15) is 0 Å². The first kappa shape index (κ1) is 99.2. The topological polar surface area (TPSA) is 141 Å². The summed E-state index contributed by atoms with van der Waals surface area (Å²) in [4.78, 5) is 37.6. The van der Waals surface area contributed by atoms with Crippen molar-refractivity contribution < 1.29 is 0 Å². The maximum atomic E-state index is 4.40. The van der Waals surface area contributed by atoms with Gasteiger partial charge in [0.25, 0.3) is 0 Å². The van der Waals surface area contributed by atoms with Gasteiger partial charge in [-0.15, -0.1) is 11.3 Å². The van der Waals surface area contributed by atoms with Crippen molar-refractivity contribution >= 4 is 39.3 Å². The summed E-state index contributed by atoms with van der Waals surface area (Å²) < 4.78 is 3.96. The zero-order chi connectivity index (χ0) is 84.2. The molecule has 11 aromatic rings. The standard InChI is InChI=1S/C12H13N.C10H14.C9H13N.C8H14N2.C8H11N.2C8H12S.C8H12.C7H12N2.C7H10N2.C7H11N.C6H10N2/c1-9(2)11-7-10-5-3-4-6-12(10)13-8-11;1-10(2,3)9-7-5-4-6-8-9;1-9(2,3)8-6-4-5-7-10-8;1-6(2)8-5-7(3)10(4)9-8;1-7(2)8-3-5-9-6-4-8;1-8(2,3)7-4-5-9-6-7;1-8(2,3)7-5-4-6-9-7;1-7(2)8-5-3-4-6-8;1-6(2)7-8-4-5-9(7)3;1-6(2)7-5-8-3-4-9-7;1-6(2)7-4-3-5-8-7;1-5(2)6-7-3-4-8-6/h3-9H,1-2H3;4-8H,1-3H3;4-7H,1-3H3;5-6H,1-4H3;3-7H,1-2H3;2*4-6H,1-3H3;3,5-7H,4H2,1-2H3;4-6H,1-3H3;3-6H,1-2H3;3-4,6H,5H2,1-2H3;3-5H,1-2H3,(H,7,8). The minimum Gasteiger partial charge on any atom is -0.348 e. The Labute approximate surface area is 688 Å². The highest BCUT2D eigenvalue weighted by molar-refractivity contribution is 7.10. The van der Waals surface area contributed by atoms with Gasteiger partial charge in [-0.05, 0) is 170 Å². The van der Waals surface area contributed by atoms with Gasteiger partial charge >= 0.3 is 0 Å². The van der Waals surface area contributed by atoms with Crippen LogP contribution in [0.4, 0.5) is 0 Å². The number of fused-ring (bicyclic) bond motifs is 1. The van der Waals surface area contributed by atoms with E-state index in [2.05, 4.69) is 370 Å². The summed E-state index contributed by atoms with van der Waals surface area (Å²) in [5.74, 6) is 6.78. The molecular weight excluding hydrogens is 1410 g/mol. The van der Waals surface area contributed by atoms with Gasteiger partial charge in [0.15, 0.2) is 0 Å². The Kier molecular flexibility index (Phi) is 45.8. The lowest BCUT2D eigenvalue weighted by molar-refractivity contribution is 0.569. The predicted octanol–water partition coefficient (Wildman–Crippen LogP) is 27.7. The lowest BCUT2D eigenvalue weighted by Crippen LogP contribution is -2.12. The molecule has 14 heteroatoms. The number of allylic oxidation sites excluding steroid dienone is 5. The van der Waals surface area contributed by atoms with Crippen molar-refractivity contribution in [2.75, 3.05) is 6.54 Å². The molecule has 0 saturated carbocycles. The normalized spacial score (nSPS) is 12.0. The van der Waals surface area contributed by atoms with E-state index in [1.807, 2.05) is 121 Å². The van der Waals surface area contributed by atoms with Gasteiger partial charge in [-0.1, -0.05) is 279 Å². The van der Waals surface area contributed by atoms with E-state index in [0.29, 0.717) is 63.6 Å². The quantitative estimate of drug-likeness (QED) is 0.159. The van der Waals surface area contributed by atoms with E-state index in [1.165, 1.54) is 55.2 Å². The Hall–Kier alpha value is -8.85. The maximum Gasteiger partial charge on any atom is 0.110 e. The minimum absolute atomic E-state index is 0.182. The van der Waals surface area contributed by atoms with Crippen LogP contribution in [0.3, 0.4) is 0 Å². The highest BCUT2D eigenvalue weighted by Crippen LogP contribution is 2.27. The van der Waals surface area contributed by atoms with Crippen molar-refractivity contribution in [3.8, 4) is 0 Å². The fourth-order valence-electron chi connectivity index (χ4n) is 9.96. The van der Waals surface area contributed by atoms with Gasteiger partial charge < -0.3 is 9.55 Å². The zero-order valence-electron chi connectivity index (χ0n) is 74.7. The number of nitrogens with one attached hydrogen (secondary N) is 1. The first-order valence-corrected chi connectivity index (χ1v) is 42.0. The Bertz CT molecular complexity index is 4090. The lowest BCUT2D eigenvalue weighted by Gasteiger charge is -2.18. The smallest absolute Gasteiger partial charge is 0.110 e. The Morgan fingerprint density at radius 1 is 0.455 bits per heavy atom. The van der Waals surface area contributed by atoms with E-state index in [1.54, 1.807) is 36.1 Å². The average molecular weight is 1550 g/mol. The molecule has 2 aromatic carbocycles. The number of hydrogen-bond donors (Lipinski definition) is 1. The van der Waals surface area contributed by atoms with Gasteiger partial charge in [-0.25, -0.2) is 9.97 Å². The van der Waals surface area contributed by atoms with Crippen molar-refractivity contribution in [1.29, 1.82) is 0 Å².